The zero-order valence-electron chi connectivity index (χ0n) is 7.92. The Morgan fingerprint density at radius 1 is 1.43 bits per heavy atom. The van der Waals surface area contributed by atoms with Gasteiger partial charge in [0, 0.05) is 16.8 Å². The summed E-state index contributed by atoms with van der Waals surface area (Å²) in [4.78, 5) is 11.3. The Kier molecular flexibility index (Phi) is 2.59. The van der Waals surface area contributed by atoms with Crippen molar-refractivity contribution in [2.24, 2.45) is 0 Å². The summed E-state index contributed by atoms with van der Waals surface area (Å²) in [6, 6.07) is 5.82. The Bertz CT molecular complexity index is 374. The zero-order valence-corrected chi connectivity index (χ0v) is 9.50. The molecule has 74 valence electrons. The van der Waals surface area contributed by atoms with Gasteiger partial charge in [0.25, 0.3) is 0 Å². The van der Waals surface area contributed by atoms with Crippen LogP contribution in [-0.2, 0) is 4.79 Å². The van der Waals surface area contributed by atoms with E-state index in [0.717, 1.165) is 28.6 Å². The lowest BCUT2D eigenvalue weighted by atomic mass is 9.79. The molecule has 3 heteroatoms. The number of ether oxygens (including phenoxy) is 1. The van der Waals surface area contributed by atoms with Crippen molar-refractivity contribution < 1.29 is 9.53 Å². The first-order valence-electron chi connectivity index (χ1n) is 4.58. The number of hydrogen-bond donors (Lipinski definition) is 0. The van der Waals surface area contributed by atoms with Crippen LogP contribution in [0.3, 0.4) is 0 Å². The van der Waals surface area contributed by atoms with Crippen LogP contribution in [0.25, 0.3) is 0 Å². The summed E-state index contributed by atoms with van der Waals surface area (Å²) in [6.45, 7) is 0. The normalized spacial score (nSPS) is 20.4. The third-order valence-electron chi connectivity index (χ3n) is 2.60. The molecule has 0 aromatic heterocycles. The second-order valence-corrected chi connectivity index (χ2v) is 4.40. The topological polar surface area (TPSA) is 26.3 Å². The van der Waals surface area contributed by atoms with E-state index in [0.29, 0.717) is 5.78 Å². The Morgan fingerprint density at radius 3 is 2.71 bits per heavy atom. The maximum absolute atomic E-state index is 11.3. The predicted octanol–water partition coefficient (Wildman–Crippen LogP) is 2.90. The second kappa shape index (κ2) is 3.73. The van der Waals surface area contributed by atoms with Crippen molar-refractivity contribution in [3.63, 3.8) is 0 Å². The van der Waals surface area contributed by atoms with Crippen molar-refractivity contribution in [3.8, 4) is 5.75 Å². The Labute approximate surface area is 91.4 Å². The van der Waals surface area contributed by atoms with Gasteiger partial charge in [-0.2, -0.15) is 0 Å². The summed E-state index contributed by atoms with van der Waals surface area (Å²) in [5, 5.41) is 0. The molecule has 0 spiro atoms. The maximum Gasteiger partial charge on any atom is 0.140 e. The average molecular weight is 255 g/mol. The first-order valence-corrected chi connectivity index (χ1v) is 5.37. The van der Waals surface area contributed by atoms with Crippen molar-refractivity contribution in [1.82, 2.24) is 0 Å². The molecular formula is C11H11BrO2. The van der Waals surface area contributed by atoms with Gasteiger partial charge in [0.2, 0.25) is 0 Å². The maximum atomic E-state index is 11.3. The van der Waals surface area contributed by atoms with Gasteiger partial charge < -0.3 is 4.74 Å². The number of halogens is 1. The SMILES string of the molecule is COc1cc(Br)cc(C2CCC2=O)c1. The van der Waals surface area contributed by atoms with E-state index < -0.39 is 0 Å². The number of rotatable bonds is 2. The van der Waals surface area contributed by atoms with Crippen molar-refractivity contribution in [3.05, 3.63) is 28.2 Å². The molecule has 2 rings (SSSR count). The van der Waals surface area contributed by atoms with Gasteiger partial charge in [-0.1, -0.05) is 15.9 Å². The smallest absolute Gasteiger partial charge is 0.140 e. The molecule has 1 aliphatic rings. The Balaban J connectivity index is 2.33. The Morgan fingerprint density at radius 2 is 2.21 bits per heavy atom. The molecule has 1 unspecified atom stereocenters. The quantitative estimate of drug-likeness (QED) is 0.812. The van der Waals surface area contributed by atoms with Crippen molar-refractivity contribution in [1.29, 1.82) is 0 Å². The number of carbonyl (C=O) groups is 1. The fourth-order valence-corrected chi connectivity index (χ4v) is 2.15. The van der Waals surface area contributed by atoms with Gasteiger partial charge in [-0.15, -0.1) is 0 Å². The molecule has 1 fully saturated rings. The molecular weight excluding hydrogens is 244 g/mol. The van der Waals surface area contributed by atoms with Crippen molar-refractivity contribution >= 4 is 21.7 Å². The summed E-state index contributed by atoms with van der Waals surface area (Å²) in [6.07, 6.45) is 1.69. The molecule has 0 bridgehead atoms. The van der Waals surface area contributed by atoms with E-state index in [9.17, 15) is 4.79 Å². The standard InChI is InChI=1S/C11H11BrO2/c1-14-9-5-7(4-8(12)6-9)10-2-3-11(10)13/h4-6,10H,2-3H2,1H3. The highest BCUT2D eigenvalue weighted by Gasteiger charge is 2.29. The lowest BCUT2D eigenvalue weighted by Crippen LogP contribution is -2.23. The molecule has 0 N–H and O–H groups in total. The van der Waals surface area contributed by atoms with Gasteiger partial charge in [-0.3, -0.25) is 4.79 Å². The largest absolute Gasteiger partial charge is 0.497 e. The van der Waals surface area contributed by atoms with Gasteiger partial charge in [0.1, 0.15) is 11.5 Å². The predicted molar refractivity (Wildman–Crippen MR) is 57.7 cm³/mol. The molecule has 1 aromatic rings. The fourth-order valence-electron chi connectivity index (χ4n) is 1.66. The van der Waals surface area contributed by atoms with E-state index in [1.54, 1.807) is 7.11 Å². The highest BCUT2D eigenvalue weighted by Crippen LogP contribution is 2.36. The van der Waals surface area contributed by atoms with Gasteiger partial charge >= 0.3 is 0 Å². The minimum atomic E-state index is 0.0985. The van der Waals surface area contributed by atoms with Crippen LogP contribution < -0.4 is 4.74 Å². The van der Waals surface area contributed by atoms with Crippen LogP contribution in [0.4, 0.5) is 0 Å². The zero-order chi connectivity index (χ0) is 10.1. The molecule has 1 aliphatic carbocycles. The van der Waals surface area contributed by atoms with Crippen molar-refractivity contribution in [2.75, 3.05) is 7.11 Å². The van der Waals surface area contributed by atoms with Gasteiger partial charge in [0.15, 0.2) is 0 Å². The third kappa shape index (κ3) is 1.69. The van der Waals surface area contributed by atoms with E-state index >= 15 is 0 Å². The number of Topliss-reactive ketones (excluding diaryl/α,β-unsaturated/α-hetero) is 1. The molecule has 2 nitrogen and oxygen atoms in total. The minimum absolute atomic E-state index is 0.0985. The summed E-state index contributed by atoms with van der Waals surface area (Å²) in [5.74, 6) is 1.24. The number of ketones is 1. The first kappa shape index (κ1) is 9.71. The number of methoxy groups -OCH3 is 1. The minimum Gasteiger partial charge on any atom is -0.497 e. The van der Waals surface area contributed by atoms with Gasteiger partial charge in [-0.25, -0.2) is 0 Å². The van der Waals surface area contributed by atoms with E-state index in [1.807, 2.05) is 18.2 Å². The molecule has 0 aliphatic heterocycles. The van der Waals surface area contributed by atoms with Gasteiger partial charge in [-0.05, 0) is 30.2 Å². The molecule has 1 saturated carbocycles. The van der Waals surface area contributed by atoms with E-state index in [1.165, 1.54) is 0 Å². The monoisotopic (exact) mass is 254 g/mol. The molecule has 1 atom stereocenters. The number of benzene rings is 1. The number of carbonyl (C=O) groups excluding carboxylic acids is 1. The van der Waals surface area contributed by atoms with E-state index in [-0.39, 0.29) is 5.92 Å². The van der Waals surface area contributed by atoms with E-state index in [4.69, 9.17) is 4.74 Å². The lowest BCUT2D eigenvalue weighted by Gasteiger charge is -2.24. The van der Waals surface area contributed by atoms with Crippen LogP contribution in [0.1, 0.15) is 24.3 Å². The highest BCUT2D eigenvalue weighted by molar-refractivity contribution is 9.10. The van der Waals surface area contributed by atoms with Crippen molar-refractivity contribution in [2.45, 2.75) is 18.8 Å². The molecule has 14 heavy (non-hydrogen) atoms. The van der Waals surface area contributed by atoms with Crippen LogP contribution in [0, 0.1) is 0 Å². The Hall–Kier alpha value is -0.830. The molecule has 0 heterocycles. The van der Waals surface area contributed by atoms with Gasteiger partial charge in [0.05, 0.1) is 7.11 Å². The van der Waals surface area contributed by atoms with Crippen LogP contribution >= 0.6 is 15.9 Å². The van der Waals surface area contributed by atoms with Crippen LogP contribution in [0.15, 0.2) is 22.7 Å². The van der Waals surface area contributed by atoms with Crippen LogP contribution in [0.2, 0.25) is 0 Å². The molecule has 1 aromatic carbocycles. The summed E-state index contributed by atoms with van der Waals surface area (Å²) >= 11 is 3.40. The first-order chi connectivity index (χ1) is 6.70. The number of hydrogen-bond acceptors (Lipinski definition) is 2. The second-order valence-electron chi connectivity index (χ2n) is 3.48. The summed E-state index contributed by atoms with van der Waals surface area (Å²) in [7, 11) is 1.63. The average Bonchev–Trinajstić information content (AvgIpc) is 2.14. The molecule has 0 saturated heterocycles. The molecule has 0 radical (unpaired) electrons. The summed E-state index contributed by atoms with van der Waals surface area (Å²) in [5.41, 5.74) is 1.06. The summed E-state index contributed by atoms with van der Waals surface area (Å²) < 4.78 is 6.11. The third-order valence-corrected chi connectivity index (χ3v) is 3.06. The fraction of sp³-hybridized carbons (Fsp3) is 0.364. The van der Waals surface area contributed by atoms with E-state index in [2.05, 4.69) is 15.9 Å². The highest BCUT2D eigenvalue weighted by atomic mass is 79.9. The molecule has 0 amide bonds. The van der Waals surface area contributed by atoms with Crippen LogP contribution in [0.5, 0.6) is 5.75 Å². The van der Waals surface area contributed by atoms with Crippen LogP contribution in [-0.4, -0.2) is 12.9 Å². The lowest BCUT2D eigenvalue weighted by molar-refractivity contribution is -0.125.